The lowest BCUT2D eigenvalue weighted by Gasteiger charge is -2.00. The molecule has 1 aromatic carbocycles. The van der Waals surface area contributed by atoms with Crippen molar-refractivity contribution in [2.24, 2.45) is 0 Å². The van der Waals surface area contributed by atoms with E-state index in [1.807, 2.05) is 30.3 Å². The molecule has 3 aromatic rings. The molecular weight excluding hydrogens is 244 g/mol. The topological polar surface area (TPSA) is 101 Å². The van der Waals surface area contributed by atoms with Crippen LogP contribution in [0.15, 0.2) is 34.7 Å². The van der Waals surface area contributed by atoms with Gasteiger partial charge in [0.05, 0.1) is 5.69 Å². The average molecular weight is 256 g/mol. The molecule has 0 radical (unpaired) electrons. The number of nitrogens with two attached hydrogens (primary N) is 1. The van der Waals surface area contributed by atoms with Crippen LogP contribution >= 0.6 is 0 Å². The normalized spacial score (nSPS) is 10.8. The third kappa shape index (κ3) is 1.83. The lowest BCUT2D eigenvalue weighted by atomic mass is 10.1. The van der Waals surface area contributed by atoms with Crippen LogP contribution in [0.5, 0.6) is 5.95 Å². The highest BCUT2D eigenvalue weighted by Gasteiger charge is 2.20. The molecule has 6 nitrogen and oxygen atoms in total. The standard InChI is InChI=1S/C13H12N4O2/c1-7-13(18)19-12(15-7)9-10(16-17-11(9)14)8-5-3-2-4-6-8/h2-6,18H,1H3,(H3,14,16,17). The molecule has 0 saturated carbocycles. The Kier molecular flexibility index (Phi) is 2.49. The molecule has 0 spiro atoms. The maximum absolute atomic E-state index is 9.49. The van der Waals surface area contributed by atoms with Crippen molar-refractivity contribution in [1.82, 2.24) is 15.2 Å². The number of aromatic amines is 1. The molecule has 6 heteroatoms. The van der Waals surface area contributed by atoms with E-state index in [4.69, 9.17) is 10.2 Å². The highest BCUT2D eigenvalue weighted by atomic mass is 16.5. The summed E-state index contributed by atoms with van der Waals surface area (Å²) in [4.78, 5) is 4.14. The molecule has 4 N–H and O–H groups in total. The smallest absolute Gasteiger partial charge is 0.306 e. The lowest BCUT2D eigenvalue weighted by Crippen LogP contribution is -1.89. The molecule has 0 fully saturated rings. The number of oxazole rings is 1. The number of hydrogen-bond donors (Lipinski definition) is 3. The van der Waals surface area contributed by atoms with Crippen molar-refractivity contribution in [2.45, 2.75) is 6.92 Å². The van der Waals surface area contributed by atoms with Crippen LogP contribution in [0.4, 0.5) is 5.82 Å². The van der Waals surface area contributed by atoms with Gasteiger partial charge in [-0.25, -0.2) is 4.98 Å². The van der Waals surface area contributed by atoms with Crippen molar-refractivity contribution in [1.29, 1.82) is 0 Å². The number of H-pyrrole nitrogens is 1. The first-order valence-electron chi connectivity index (χ1n) is 5.73. The van der Waals surface area contributed by atoms with Crippen molar-refractivity contribution in [3.05, 3.63) is 36.0 Å². The minimum absolute atomic E-state index is 0.213. The Morgan fingerprint density at radius 1 is 1.26 bits per heavy atom. The molecule has 3 rings (SSSR count). The first kappa shape index (κ1) is 11.3. The molecule has 96 valence electrons. The van der Waals surface area contributed by atoms with E-state index >= 15 is 0 Å². The molecule has 0 aliphatic heterocycles. The summed E-state index contributed by atoms with van der Waals surface area (Å²) in [5.74, 6) is 0.315. The first-order valence-corrected chi connectivity index (χ1v) is 5.73. The van der Waals surface area contributed by atoms with Crippen LogP contribution in [-0.4, -0.2) is 20.3 Å². The Balaban J connectivity index is 2.19. The van der Waals surface area contributed by atoms with Crippen molar-refractivity contribution >= 4 is 5.82 Å². The Labute approximate surface area is 108 Å². The summed E-state index contributed by atoms with van der Waals surface area (Å²) in [7, 11) is 0. The molecule has 0 aliphatic rings. The lowest BCUT2D eigenvalue weighted by molar-refractivity contribution is 0.334. The van der Waals surface area contributed by atoms with Crippen LogP contribution in [0.25, 0.3) is 22.7 Å². The molecular formula is C13H12N4O2. The second-order valence-corrected chi connectivity index (χ2v) is 4.13. The first-order chi connectivity index (χ1) is 9.16. The Morgan fingerprint density at radius 3 is 2.63 bits per heavy atom. The van der Waals surface area contributed by atoms with Gasteiger partial charge in [-0.2, -0.15) is 5.10 Å². The molecule has 2 aromatic heterocycles. The van der Waals surface area contributed by atoms with Gasteiger partial charge in [-0.15, -0.1) is 0 Å². The summed E-state index contributed by atoms with van der Waals surface area (Å²) < 4.78 is 5.21. The highest BCUT2D eigenvalue weighted by Crippen LogP contribution is 2.36. The van der Waals surface area contributed by atoms with Crippen molar-refractivity contribution < 1.29 is 9.52 Å². The minimum atomic E-state index is -0.213. The number of nitrogens with one attached hydrogen (secondary N) is 1. The van der Waals surface area contributed by atoms with Gasteiger partial charge < -0.3 is 15.3 Å². The monoisotopic (exact) mass is 256 g/mol. The number of nitrogens with zero attached hydrogens (tertiary/aromatic N) is 2. The van der Waals surface area contributed by atoms with Crippen LogP contribution in [-0.2, 0) is 0 Å². The van der Waals surface area contributed by atoms with E-state index < -0.39 is 0 Å². The van der Waals surface area contributed by atoms with Crippen LogP contribution in [0.3, 0.4) is 0 Å². The summed E-state index contributed by atoms with van der Waals surface area (Å²) in [5.41, 5.74) is 8.43. The van der Waals surface area contributed by atoms with E-state index in [9.17, 15) is 5.11 Å². The van der Waals surface area contributed by atoms with E-state index in [1.165, 1.54) is 0 Å². The fourth-order valence-corrected chi connectivity index (χ4v) is 1.88. The van der Waals surface area contributed by atoms with E-state index in [2.05, 4.69) is 15.2 Å². The number of aromatic hydroxyl groups is 1. The predicted molar refractivity (Wildman–Crippen MR) is 70.3 cm³/mol. The highest BCUT2D eigenvalue weighted by molar-refractivity contribution is 5.84. The van der Waals surface area contributed by atoms with Crippen molar-refractivity contribution in [3.8, 4) is 28.7 Å². The third-order valence-corrected chi connectivity index (χ3v) is 2.84. The number of hydrogen-bond acceptors (Lipinski definition) is 5. The van der Waals surface area contributed by atoms with E-state index in [1.54, 1.807) is 6.92 Å². The summed E-state index contributed by atoms with van der Waals surface area (Å²) in [6, 6.07) is 9.59. The molecule has 2 heterocycles. The zero-order chi connectivity index (χ0) is 13.4. The largest absolute Gasteiger partial charge is 0.479 e. The van der Waals surface area contributed by atoms with Gasteiger partial charge in [0.2, 0.25) is 5.89 Å². The average Bonchev–Trinajstić information content (AvgIpc) is 2.94. The second-order valence-electron chi connectivity index (χ2n) is 4.13. The number of benzene rings is 1. The van der Waals surface area contributed by atoms with Gasteiger partial charge >= 0.3 is 5.95 Å². The fourth-order valence-electron chi connectivity index (χ4n) is 1.88. The van der Waals surface area contributed by atoms with Gasteiger partial charge in [-0.3, -0.25) is 5.10 Å². The molecule has 0 atom stereocenters. The van der Waals surface area contributed by atoms with Gasteiger partial charge in [0, 0.05) is 5.56 Å². The summed E-state index contributed by atoms with van der Waals surface area (Å²) >= 11 is 0. The van der Waals surface area contributed by atoms with E-state index in [-0.39, 0.29) is 17.7 Å². The number of aryl methyl sites for hydroxylation is 1. The Bertz CT molecular complexity index is 696. The van der Waals surface area contributed by atoms with E-state index in [0.717, 1.165) is 5.56 Å². The molecule has 0 bridgehead atoms. The summed E-state index contributed by atoms with van der Waals surface area (Å²) in [6.07, 6.45) is 0. The zero-order valence-corrected chi connectivity index (χ0v) is 10.2. The SMILES string of the molecule is Cc1nc(-c2c(N)n[nH]c2-c2ccccc2)oc1O. The third-order valence-electron chi connectivity index (χ3n) is 2.84. The quantitative estimate of drug-likeness (QED) is 0.653. The van der Waals surface area contributed by atoms with Crippen LogP contribution in [0.2, 0.25) is 0 Å². The Hall–Kier alpha value is -2.76. The summed E-state index contributed by atoms with van der Waals surface area (Å²) in [6.45, 7) is 1.65. The number of nitrogen functional groups attached to an aromatic ring is 1. The molecule has 0 unspecified atom stereocenters. The fraction of sp³-hybridized carbons (Fsp3) is 0.0769. The number of aromatic nitrogens is 3. The maximum atomic E-state index is 9.49. The van der Waals surface area contributed by atoms with Gasteiger partial charge in [-0.05, 0) is 6.92 Å². The Morgan fingerprint density at radius 2 is 2.00 bits per heavy atom. The van der Waals surface area contributed by atoms with Crippen LogP contribution in [0, 0.1) is 6.92 Å². The van der Waals surface area contributed by atoms with Gasteiger partial charge in [0.15, 0.2) is 5.82 Å². The molecule has 19 heavy (non-hydrogen) atoms. The molecule has 0 amide bonds. The van der Waals surface area contributed by atoms with Crippen molar-refractivity contribution in [3.63, 3.8) is 0 Å². The summed E-state index contributed by atoms with van der Waals surface area (Å²) in [5, 5.41) is 16.3. The van der Waals surface area contributed by atoms with Crippen LogP contribution < -0.4 is 5.73 Å². The maximum Gasteiger partial charge on any atom is 0.306 e. The molecule has 0 saturated heterocycles. The van der Waals surface area contributed by atoms with E-state index in [0.29, 0.717) is 17.0 Å². The van der Waals surface area contributed by atoms with Crippen molar-refractivity contribution in [2.75, 3.05) is 5.73 Å². The molecule has 0 aliphatic carbocycles. The minimum Gasteiger partial charge on any atom is -0.479 e. The number of anilines is 1. The van der Waals surface area contributed by atoms with Crippen LogP contribution in [0.1, 0.15) is 5.69 Å². The predicted octanol–water partition coefficient (Wildman–Crippen LogP) is 2.33. The van der Waals surface area contributed by atoms with Gasteiger partial charge in [0.25, 0.3) is 0 Å². The zero-order valence-electron chi connectivity index (χ0n) is 10.2. The second kappa shape index (κ2) is 4.16. The van der Waals surface area contributed by atoms with Gasteiger partial charge in [0.1, 0.15) is 11.3 Å². The van der Waals surface area contributed by atoms with Gasteiger partial charge in [-0.1, -0.05) is 30.3 Å². The number of rotatable bonds is 2.